The van der Waals surface area contributed by atoms with Crippen molar-refractivity contribution in [2.75, 3.05) is 31.1 Å². The number of benzene rings is 2. The topological polar surface area (TPSA) is 53.8 Å². The Balaban J connectivity index is 1.41. The first kappa shape index (κ1) is 17.8. The summed E-state index contributed by atoms with van der Waals surface area (Å²) in [4.78, 5) is 27.0. The predicted molar refractivity (Wildman–Crippen MR) is 107 cm³/mol. The number of hydrogen-bond donors (Lipinski definition) is 0. The Hall–Kier alpha value is -2.63. The molecule has 138 valence electrons. The molecule has 0 atom stereocenters. The second-order valence-electron chi connectivity index (χ2n) is 6.71. The summed E-state index contributed by atoms with van der Waals surface area (Å²) in [6, 6.07) is 14.8. The van der Waals surface area contributed by atoms with Gasteiger partial charge in [0.15, 0.2) is 6.29 Å². The summed E-state index contributed by atoms with van der Waals surface area (Å²) >= 11 is 6.14. The van der Waals surface area contributed by atoms with E-state index in [9.17, 15) is 9.59 Å². The average molecular weight is 383 g/mol. The lowest BCUT2D eigenvalue weighted by atomic mass is 10.1. The SMILES string of the molecule is O=Cc1ccc(N2CCN(Cc3ccc4ccc(=O)oc4c3)CC2)cc1Cl. The number of anilines is 1. The largest absolute Gasteiger partial charge is 0.423 e. The minimum Gasteiger partial charge on any atom is -0.423 e. The van der Waals surface area contributed by atoms with Gasteiger partial charge in [-0.25, -0.2) is 4.79 Å². The molecule has 2 aromatic carbocycles. The first-order valence-electron chi connectivity index (χ1n) is 8.87. The van der Waals surface area contributed by atoms with Gasteiger partial charge in [0.05, 0.1) is 5.02 Å². The van der Waals surface area contributed by atoms with E-state index in [1.807, 2.05) is 24.3 Å². The lowest BCUT2D eigenvalue weighted by molar-refractivity contribution is 0.112. The molecule has 0 radical (unpaired) electrons. The summed E-state index contributed by atoms with van der Waals surface area (Å²) in [5.41, 5.74) is 2.99. The third-order valence-electron chi connectivity index (χ3n) is 4.94. The minimum absolute atomic E-state index is 0.326. The third kappa shape index (κ3) is 3.89. The van der Waals surface area contributed by atoms with Gasteiger partial charge >= 0.3 is 5.63 Å². The number of halogens is 1. The zero-order valence-electron chi connectivity index (χ0n) is 14.7. The first-order valence-corrected chi connectivity index (χ1v) is 9.25. The lowest BCUT2D eigenvalue weighted by Gasteiger charge is -2.36. The molecule has 4 rings (SSSR count). The molecule has 2 heterocycles. The fourth-order valence-corrected chi connectivity index (χ4v) is 3.65. The van der Waals surface area contributed by atoms with E-state index in [1.54, 1.807) is 12.1 Å². The van der Waals surface area contributed by atoms with E-state index in [-0.39, 0.29) is 5.63 Å². The highest BCUT2D eigenvalue weighted by atomic mass is 35.5. The van der Waals surface area contributed by atoms with Crippen LogP contribution in [-0.2, 0) is 6.54 Å². The van der Waals surface area contributed by atoms with Crippen molar-refractivity contribution in [1.29, 1.82) is 0 Å². The van der Waals surface area contributed by atoms with Gasteiger partial charge in [-0.1, -0.05) is 23.7 Å². The van der Waals surface area contributed by atoms with E-state index in [4.69, 9.17) is 16.0 Å². The summed E-state index contributed by atoms with van der Waals surface area (Å²) in [7, 11) is 0. The monoisotopic (exact) mass is 382 g/mol. The summed E-state index contributed by atoms with van der Waals surface area (Å²) in [5.74, 6) is 0. The van der Waals surface area contributed by atoms with E-state index in [2.05, 4.69) is 15.9 Å². The van der Waals surface area contributed by atoms with Crippen molar-refractivity contribution in [3.05, 3.63) is 75.1 Å². The van der Waals surface area contributed by atoms with Crippen LogP contribution < -0.4 is 10.5 Å². The number of rotatable bonds is 4. The van der Waals surface area contributed by atoms with Gasteiger partial charge in [0.25, 0.3) is 0 Å². The molecule has 1 aliphatic rings. The number of carbonyl (C=O) groups excluding carboxylic acids is 1. The zero-order chi connectivity index (χ0) is 18.8. The van der Waals surface area contributed by atoms with Crippen LogP contribution in [0.3, 0.4) is 0 Å². The summed E-state index contributed by atoms with van der Waals surface area (Å²) < 4.78 is 5.28. The molecular formula is C21H19ClN2O3. The molecule has 0 saturated carbocycles. The van der Waals surface area contributed by atoms with Crippen molar-refractivity contribution in [3.8, 4) is 0 Å². The summed E-state index contributed by atoms with van der Waals surface area (Å²) in [6.45, 7) is 4.43. The molecule has 27 heavy (non-hydrogen) atoms. The molecule has 0 bridgehead atoms. The second-order valence-corrected chi connectivity index (χ2v) is 7.12. The molecule has 1 aliphatic heterocycles. The summed E-state index contributed by atoms with van der Waals surface area (Å²) in [5, 5.41) is 1.42. The minimum atomic E-state index is -0.326. The molecule has 1 saturated heterocycles. The van der Waals surface area contributed by atoms with E-state index < -0.39 is 0 Å². The number of fused-ring (bicyclic) bond motifs is 1. The van der Waals surface area contributed by atoms with Crippen LogP contribution in [0.4, 0.5) is 5.69 Å². The van der Waals surface area contributed by atoms with Crippen LogP contribution >= 0.6 is 11.6 Å². The molecule has 6 heteroatoms. The van der Waals surface area contributed by atoms with Crippen LogP contribution in [0.15, 0.2) is 57.7 Å². The fraction of sp³-hybridized carbons (Fsp3) is 0.238. The molecule has 1 fully saturated rings. The molecule has 0 amide bonds. The van der Waals surface area contributed by atoms with E-state index in [0.717, 1.165) is 55.6 Å². The highest BCUT2D eigenvalue weighted by Gasteiger charge is 2.18. The summed E-state index contributed by atoms with van der Waals surface area (Å²) in [6.07, 6.45) is 0.774. The molecular weight excluding hydrogens is 364 g/mol. The fourth-order valence-electron chi connectivity index (χ4n) is 3.43. The molecule has 5 nitrogen and oxygen atoms in total. The Morgan fingerprint density at radius 1 is 1.00 bits per heavy atom. The highest BCUT2D eigenvalue weighted by Crippen LogP contribution is 2.24. The van der Waals surface area contributed by atoms with Gasteiger partial charge in [0.1, 0.15) is 5.58 Å². The number of carbonyl (C=O) groups is 1. The first-order chi connectivity index (χ1) is 13.1. The van der Waals surface area contributed by atoms with Crippen molar-refractivity contribution >= 4 is 34.5 Å². The normalized spacial score (nSPS) is 15.2. The maximum Gasteiger partial charge on any atom is 0.336 e. The number of hydrogen-bond acceptors (Lipinski definition) is 5. The Morgan fingerprint density at radius 3 is 2.52 bits per heavy atom. The highest BCUT2D eigenvalue weighted by molar-refractivity contribution is 6.33. The van der Waals surface area contributed by atoms with Crippen LogP contribution in [-0.4, -0.2) is 37.4 Å². The van der Waals surface area contributed by atoms with E-state index in [1.165, 1.54) is 6.07 Å². The van der Waals surface area contributed by atoms with Crippen molar-refractivity contribution in [3.63, 3.8) is 0 Å². The van der Waals surface area contributed by atoms with Crippen molar-refractivity contribution in [2.45, 2.75) is 6.54 Å². The second kappa shape index (κ2) is 7.55. The third-order valence-corrected chi connectivity index (χ3v) is 5.27. The van der Waals surface area contributed by atoms with Crippen LogP contribution in [0.1, 0.15) is 15.9 Å². The molecule has 1 aromatic heterocycles. The van der Waals surface area contributed by atoms with Crippen molar-refractivity contribution < 1.29 is 9.21 Å². The quantitative estimate of drug-likeness (QED) is 0.510. The smallest absolute Gasteiger partial charge is 0.336 e. The number of aldehydes is 1. The lowest BCUT2D eigenvalue weighted by Crippen LogP contribution is -2.45. The van der Waals surface area contributed by atoms with Gasteiger partial charge in [-0.2, -0.15) is 0 Å². The van der Waals surface area contributed by atoms with Gasteiger partial charge < -0.3 is 9.32 Å². The Bertz CT molecular complexity index is 1040. The Kier molecular flexibility index (Phi) is 4.97. The van der Waals surface area contributed by atoms with Gasteiger partial charge in [-0.05, 0) is 35.9 Å². The number of nitrogens with zero attached hydrogens (tertiary/aromatic N) is 2. The van der Waals surface area contributed by atoms with Gasteiger partial charge in [-0.15, -0.1) is 0 Å². The van der Waals surface area contributed by atoms with Gasteiger partial charge in [-0.3, -0.25) is 9.69 Å². The zero-order valence-corrected chi connectivity index (χ0v) is 15.5. The maximum absolute atomic E-state index is 11.4. The predicted octanol–water partition coefficient (Wildman–Crippen LogP) is 3.58. The molecule has 0 N–H and O–H groups in total. The van der Waals surface area contributed by atoms with Gasteiger partial charge in [0, 0.05) is 55.4 Å². The standard InChI is InChI=1S/C21H19ClN2O3/c22-19-12-18(5-3-17(19)14-25)24-9-7-23(8-10-24)13-15-1-2-16-4-6-21(26)27-20(16)11-15/h1-6,11-12,14H,7-10,13H2. The average Bonchev–Trinajstić information content (AvgIpc) is 2.68. The van der Waals surface area contributed by atoms with E-state index >= 15 is 0 Å². The molecule has 0 spiro atoms. The maximum atomic E-state index is 11.4. The number of piperazine rings is 1. The van der Waals surface area contributed by atoms with Crippen LogP contribution in [0, 0.1) is 0 Å². The van der Waals surface area contributed by atoms with Crippen molar-refractivity contribution in [1.82, 2.24) is 4.90 Å². The molecule has 0 aliphatic carbocycles. The van der Waals surface area contributed by atoms with Crippen LogP contribution in [0.25, 0.3) is 11.0 Å². The Morgan fingerprint density at radius 2 is 1.78 bits per heavy atom. The van der Waals surface area contributed by atoms with E-state index in [0.29, 0.717) is 16.2 Å². The van der Waals surface area contributed by atoms with Crippen LogP contribution in [0.5, 0.6) is 0 Å². The van der Waals surface area contributed by atoms with Crippen LogP contribution in [0.2, 0.25) is 5.02 Å². The molecule has 0 unspecified atom stereocenters. The molecule has 3 aromatic rings. The van der Waals surface area contributed by atoms with Gasteiger partial charge in [0.2, 0.25) is 0 Å². The Labute approximate surface area is 161 Å². The van der Waals surface area contributed by atoms with Crippen molar-refractivity contribution in [2.24, 2.45) is 0 Å².